The van der Waals surface area contributed by atoms with Crippen molar-refractivity contribution in [2.75, 3.05) is 5.32 Å². The number of nitro benzene ring substituents is 1. The van der Waals surface area contributed by atoms with Crippen LogP contribution < -0.4 is 10.6 Å². The molecule has 0 aliphatic heterocycles. The molecule has 1 heterocycles. The molecule has 1 unspecified atom stereocenters. The molecule has 1 aromatic heterocycles. The van der Waals surface area contributed by atoms with Crippen molar-refractivity contribution in [3.8, 4) is 11.5 Å². The van der Waals surface area contributed by atoms with Gasteiger partial charge < -0.3 is 9.73 Å². The summed E-state index contributed by atoms with van der Waals surface area (Å²) in [5.74, 6) is 0.296. The van der Waals surface area contributed by atoms with E-state index in [-0.39, 0.29) is 21.4 Å². The molecule has 0 aliphatic carbocycles. The minimum absolute atomic E-state index is 0.0283. The molecule has 0 bridgehead atoms. The van der Waals surface area contributed by atoms with Gasteiger partial charge in [-0.2, -0.15) is 0 Å². The lowest BCUT2D eigenvalue weighted by atomic mass is 9.98. The number of amides is 1. The molecular weight excluding hydrogens is 488 g/mol. The maximum absolute atomic E-state index is 12.5. The molecule has 1 amide bonds. The molecule has 0 aliphatic rings. The van der Waals surface area contributed by atoms with Crippen molar-refractivity contribution in [2.45, 2.75) is 26.2 Å². The van der Waals surface area contributed by atoms with E-state index in [1.54, 1.807) is 12.1 Å². The van der Waals surface area contributed by atoms with Crippen molar-refractivity contribution in [3.63, 3.8) is 0 Å². The predicted molar refractivity (Wildman–Crippen MR) is 140 cm³/mol. The standard InChI is InChI=1S/C25H21ClN4O4S/c1-3-14(2)15-8-10-22-20(12-15)28-24(34-22)17-5-4-6-18(11-17)27-25(35)29-23(31)16-7-9-19(26)21(13-16)30(32)33/h4-14H,3H2,1-2H3,(H2,27,29,31,35). The third kappa shape index (κ3) is 5.47. The highest BCUT2D eigenvalue weighted by Crippen LogP contribution is 2.29. The lowest BCUT2D eigenvalue weighted by Crippen LogP contribution is -2.34. The molecule has 3 aromatic carbocycles. The normalized spacial score (nSPS) is 11.7. The van der Waals surface area contributed by atoms with E-state index in [1.165, 1.54) is 17.7 Å². The van der Waals surface area contributed by atoms with Crippen LogP contribution in [-0.2, 0) is 0 Å². The average Bonchev–Trinajstić information content (AvgIpc) is 3.27. The second-order valence-electron chi connectivity index (χ2n) is 7.97. The minimum Gasteiger partial charge on any atom is -0.436 e. The van der Waals surface area contributed by atoms with Gasteiger partial charge >= 0.3 is 0 Å². The Morgan fingerprint density at radius 2 is 2.00 bits per heavy atom. The number of rotatable bonds is 6. The SMILES string of the molecule is CCC(C)c1ccc2oc(-c3cccc(NC(=S)NC(=O)c4ccc(Cl)c([N+](=O)[O-])c4)c3)nc2c1. The summed E-state index contributed by atoms with van der Waals surface area (Å²) >= 11 is 11.0. The summed E-state index contributed by atoms with van der Waals surface area (Å²) in [5, 5.41) is 16.5. The molecule has 10 heteroatoms. The van der Waals surface area contributed by atoms with Crippen LogP contribution in [0.4, 0.5) is 11.4 Å². The number of hydrogen-bond donors (Lipinski definition) is 2. The summed E-state index contributed by atoms with van der Waals surface area (Å²) < 4.78 is 5.94. The van der Waals surface area contributed by atoms with Crippen molar-refractivity contribution >= 4 is 57.3 Å². The molecule has 0 fully saturated rings. The van der Waals surface area contributed by atoms with Crippen LogP contribution in [0.25, 0.3) is 22.6 Å². The third-order valence-corrected chi connectivity index (χ3v) is 6.12. The van der Waals surface area contributed by atoms with E-state index in [0.717, 1.165) is 23.6 Å². The van der Waals surface area contributed by atoms with Gasteiger partial charge in [0.05, 0.1) is 4.92 Å². The first-order valence-corrected chi connectivity index (χ1v) is 11.6. The smallest absolute Gasteiger partial charge is 0.288 e. The Bertz CT molecular complexity index is 1450. The summed E-state index contributed by atoms with van der Waals surface area (Å²) in [6.45, 7) is 4.32. The average molecular weight is 509 g/mol. The molecule has 35 heavy (non-hydrogen) atoms. The molecule has 178 valence electrons. The molecular formula is C25H21ClN4O4S. The van der Waals surface area contributed by atoms with Gasteiger partial charge in [0.15, 0.2) is 10.7 Å². The zero-order valence-electron chi connectivity index (χ0n) is 18.9. The first-order chi connectivity index (χ1) is 16.7. The number of thiocarbonyl (C=S) groups is 1. The van der Waals surface area contributed by atoms with E-state index in [2.05, 4.69) is 35.5 Å². The van der Waals surface area contributed by atoms with Crippen LogP contribution in [0.2, 0.25) is 5.02 Å². The number of fused-ring (bicyclic) bond motifs is 1. The molecule has 4 aromatic rings. The van der Waals surface area contributed by atoms with Crippen LogP contribution in [0.1, 0.15) is 42.1 Å². The fourth-order valence-electron chi connectivity index (χ4n) is 3.47. The van der Waals surface area contributed by atoms with Gasteiger partial charge in [0.1, 0.15) is 10.5 Å². The first kappa shape index (κ1) is 24.3. The van der Waals surface area contributed by atoms with Gasteiger partial charge in [-0.25, -0.2) is 4.98 Å². The van der Waals surface area contributed by atoms with Gasteiger partial charge in [-0.05, 0) is 72.6 Å². The highest BCUT2D eigenvalue weighted by Gasteiger charge is 2.17. The monoisotopic (exact) mass is 508 g/mol. The summed E-state index contributed by atoms with van der Waals surface area (Å²) in [5.41, 5.74) is 3.74. The van der Waals surface area contributed by atoms with Gasteiger partial charge in [-0.1, -0.05) is 37.6 Å². The first-order valence-electron chi connectivity index (χ1n) is 10.8. The van der Waals surface area contributed by atoms with E-state index in [1.807, 2.05) is 24.3 Å². The number of nitrogens with zero attached hydrogens (tertiary/aromatic N) is 2. The minimum atomic E-state index is -0.654. The Kier molecular flexibility index (Phi) is 7.09. The van der Waals surface area contributed by atoms with E-state index in [9.17, 15) is 14.9 Å². The lowest BCUT2D eigenvalue weighted by molar-refractivity contribution is -0.384. The van der Waals surface area contributed by atoms with Crippen LogP contribution in [-0.4, -0.2) is 20.9 Å². The summed E-state index contributed by atoms with van der Waals surface area (Å²) in [7, 11) is 0. The Hall–Kier alpha value is -3.82. The third-order valence-electron chi connectivity index (χ3n) is 5.59. The van der Waals surface area contributed by atoms with Crippen LogP contribution >= 0.6 is 23.8 Å². The number of aromatic nitrogens is 1. The molecule has 0 saturated carbocycles. The van der Waals surface area contributed by atoms with E-state index >= 15 is 0 Å². The van der Waals surface area contributed by atoms with E-state index in [4.69, 9.17) is 28.2 Å². The van der Waals surface area contributed by atoms with Crippen molar-refractivity contribution in [2.24, 2.45) is 0 Å². The van der Waals surface area contributed by atoms with Crippen molar-refractivity contribution in [3.05, 3.63) is 86.9 Å². The molecule has 8 nitrogen and oxygen atoms in total. The predicted octanol–water partition coefficient (Wildman–Crippen LogP) is 6.70. The molecule has 2 N–H and O–H groups in total. The largest absolute Gasteiger partial charge is 0.436 e. The van der Waals surface area contributed by atoms with Crippen molar-refractivity contribution < 1.29 is 14.1 Å². The molecule has 1 atom stereocenters. The molecule has 0 spiro atoms. The van der Waals surface area contributed by atoms with Gasteiger partial charge in [-0.15, -0.1) is 0 Å². The second-order valence-corrected chi connectivity index (χ2v) is 8.78. The number of hydrogen-bond acceptors (Lipinski definition) is 6. The number of carbonyl (C=O) groups is 1. The zero-order chi connectivity index (χ0) is 25.1. The van der Waals surface area contributed by atoms with Gasteiger partial charge in [0, 0.05) is 22.9 Å². The number of nitro groups is 1. The fraction of sp³-hybridized carbons (Fsp3) is 0.160. The summed E-state index contributed by atoms with van der Waals surface area (Å²) in [6.07, 6.45) is 1.04. The molecule has 4 rings (SSSR count). The topological polar surface area (TPSA) is 110 Å². The van der Waals surface area contributed by atoms with Gasteiger partial charge in [-0.3, -0.25) is 20.2 Å². The van der Waals surface area contributed by atoms with Crippen LogP contribution in [0, 0.1) is 10.1 Å². The number of halogens is 1. The van der Waals surface area contributed by atoms with Crippen LogP contribution in [0.3, 0.4) is 0 Å². The Morgan fingerprint density at radius 3 is 2.74 bits per heavy atom. The maximum atomic E-state index is 12.5. The number of benzene rings is 3. The zero-order valence-corrected chi connectivity index (χ0v) is 20.4. The quantitative estimate of drug-likeness (QED) is 0.169. The number of oxazole rings is 1. The summed E-state index contributed by atoms with van der Waals surface area (Å²) in [6, 6.07) is 17.1. The summed E-state index contributed by atoms with van der Waals surface area (Å²) in [4.78, 5) is 27.5. The Labute approximate surface area is 211 Å². The lowest BCUT2D eigenvalue weighted by Gasteiger charge is -2.10. The van der Waals surface area contributed by atoms with Gasteiger partial charge in [0.2, 0.25) is 5.89 Å². The fourth-order valence-corrected chi connectivity index (χ4v) is 3.87. The van der Waals surface area contributed by atoms with Crippen molar-refractivity contribution in [1.29, 1.82) is 0 Å². The van der Waals surface area contributed by atoms with E-state index in [0.29, 0.717) is 23.1 Å². The highest BCUT2D eigenvalue weighted by atomic mass is 35.5. The van der Waals surface area contributed by atoms with Crippen molar-refractivity contribution in [1.82, 2.24) is 10.3 Å². The highest BCUT2D eigenvalue weighted by molar-refractivity contribution is 7.80. The number of nitrogens with one attached hydrogen (secondary N) is 2. The van der Waals surface area contributed by atoms with Crippen LogP contribution in [0.5, 0.6) is 0 Å². The van der Waals surface area contributed by atoms with E-state index < -0.39 is 10.8 Å². The molecule has 0 radical (unpaired) electrons. The maximum Gasteiger partial charge on any atom is 0.288 e. The number of anilines is 1. The molecule has 0 saturated heterocycles. The number of carbonyl (C=O) groups excluding carboxylic acids is 1. The van der Waals surface area contributed by atoms with Gasteiger partial charge in [0.25, 0.3) is 11.6 Å². The van der Waals surface area contributed by atoms with Crippen LogP contribution in [0.15, 0.2) is 65.1 Å². The second kappa shape index (κ2) is 10.2. The Balaban J connectivity index is 1.48. The Morgan fingerprint density at radius 1 is 1.20 bits per heavy atom.